The summed E-state index contributed by atoms with van der Waals surface area (Å²) in [5.74, 6) is 0.928. The van der Waals surface area contributed by atoms with Gasteiger partial charge in [-0.25, -0.2) is 9.55 Å². The zero-order valence-electron chi connectivity index (χ0n) is 13.8. The largest absolute Gasteiger partial charge is 0.461 e. The summed E-state index contributed by atoms with van der Waals surface area (Å²) in [5, 5.41) is 14.6. The van der Waals surface area contributed by atoms with Crippen LogP contribution in [-0.2, 0) is 22.5 Å². The van der Waals surface area contributed by atoms with E-state index in [2.05, 4.69) is 15.1 Å². The second-order valence-electron chi connectivity index (χ2n) is 5.28. The van der Waals surface area contributed by atoms with Gasteiger partial charge in [0, 0.05) is 13.3 Å². The first-order valence-electron chi connectivity index (χ1n) is 7.73. The number of aryl methyl sites for hydroxylation is 2. The molecule has 0 saturated heterocycles. The summed E-state index contributed by atoms with van der Waals surface area (Å²) < 4.78 is 16.7. The maximum atomic E-state index is 11.8. The van der Waals surface area contributed by atoms with E-state index in [1.807, 2.05) is 0 Å². The SMILES string of the molecule is Cc1ncc([N+](=O)[O-])n1CCOC(=O)CCc1nc(-c2ccco2)no1. The Morgan fingerprint density at radius 3 is 3.04 bits per heavy atom. The van der Waals surface area contributed by atoms with E-state index in [4.69, 9.17) is 13.7 Å². The van der Waals surface area contributed by atoms with Crippen molar-refractivity contribution in [1.29, 1.82) is 0 Å². The third-order valence-electron chi connectivity index (χ3n) is 3.55. The zero-order valence-corrected chi connectivity index (χ0v) is 13.8. The van der Waals surface area contributed by atoms with Gasteiger partial charge < -0.3 is 23.8 Å². The molecule has 136 valence electrons. The molecule has 0 aliphatic heterocycles. The van der Waals surface area contributed by atoms with Crippen LogP contribution in [0.25, 0.3) is 11.6 Å². The third kappa shape index (κ3) is 3.94. The predicted molar refractivity (Wildman–Crippen MR) is 84.9 cm³/mol. The van der Waals surface area contributed by atoms with Crippen molar-refractivity contribution in [2.45, 2.75) is 26.3 Å². The Bertz CT molecular complexity index is 898. The molecule has 0 bridgehead atoms. The average Bonchev–Trinajstić information content (AvgIpc) is 3.34. The molecule has 0 atom stereocenters. The van der Waals surface area contributed by atoms with Gasteiger partial charge in [0.2, 0.25) is 11.7 Å². The summed E-state index contributed by atoms with van der Waals surface area (Å²) in [6.45, 7) is 1.79. The molecule has 0 saturated carbocycles. The number of imidazole rings is 1. The van der Waals surface area contributed by atoms with Gasteiger partial charge in [-0.1, -0.05) is 5.16 Å². The predicted octanol–water partition coefficient (Wildman–Crippen LogP) is 1.92. The number of carbonyl (C=O) groups excluding carboxylic acids is 1. The van der Waals surface area contributed by atoms with E-state index in [9.17, 15) is 14.9 Å². The number of nitrogens with zero attached hydrogens (tertiary/aromatic N) is 5. The molecule has 3 aromatic rings. The van der Waals surface area contributed by atoms with Crippen LogP contribution in [0, 0.1) is 17.0 Å². The van der Waals surface area contributed by atoms with Crippen LogP contribution in [0.1, 0.15) is 18.1 Å². The van der Waals surface area contributed by atoms with Gasteiger partial charge in [0.05, 0.1) is 12.7 Å². The summed E-state index contributed by atoms with van der Waals surface area (Å²) in [4.78, 5) is 30.1. The number of ether oxygens (including phenoxy) is 1. The fraction of sp³-hybridized carbons (Fsp3) is 0.333. The molecule has 3 aromatic heterocycles. The average molecular weight is 361 g/mol. The van der Waals surface area contributed by atoms with Crippen LogP contribution < -0.4 is 0 Å². The van der Waals surface area contributed by atoms with Gasteiger partial charge in [0.1, 0.15) is 19.3 Å². The molecular weight excluding hydrogens is 346 g/mol. The minimum atomic E-state index is -0.534. The lowest BCUT2D eigenvalue weighted by atomic mass is 10.3. The Morgan fingerprint density at radius 1 is 1.46 bits per heavy atom. The second kappa shape index (κ2) is 7.59. The number of hydrogen-bond acceptors (Lipinski definition) is 9. The van der Waals surface area contributed by atoms with Gasteiger partial charge in [-0.05, 0) is 17.1 Å². The van der Waals surface area contributed by atoms with E-state index >= 15 is 0 Å². The van der Waals surface area contributed by atoms with Crippen LogP contribution in [-0.4, -0.2) is 37.2 Å². The first-order chi connectivity index (χ1) is 12.5. The highest BCUT2D eigenvalue weighted by atomic mass is 16.6. The summed E-state index contributed by atoms with van der Waals surface area (Å²) >= 11 is 0. The fourth-order valence-electron chi connectivity index (χ4n) is 2.27. The maximum absolute atomic E-state index is 11.8. The smallest absolute Gasteiger partial charge is 0.342 e. The van der Waals surface area contributed by atoms with Crippen LogP contribution in [0.4, 0.5) is 5.82 Å². The van der Waals surface area contributed by atoms with E-state index in [0.29, 0.717) is 17.4 Å². The standard InChI is InChI=1S/C15H15N5O6/c1-10-16-9-13(20(22)23)19(10)6-8-25-14(21)5-4-12-17-15(18-26-12)11-3-2-7-24-11/h2-3,7,9H,4-6,8H2,1H3. The highest BCUT2D eigenvalue weighted by Gasteiger charge is 2.18. The van der Waals surface area contributed by atoms with Crippen molar-refractivity contribution in [3.05, 3.63) is 46.4 Å². The van der Waals surface area contributed by atoms with E-state index in [0.717, 1.165) is 0 Å². The number of aromatic nitrogens is 4. The molecule has 11 nitrogen and oxygen atoms in total. The lowest BCUT2D eigenvalue weighted by molar-refractivity contribution is -0.392. The molecule has 0 unspecified atom stereocenters. The molecule has 3 heterocycles. The van der Waals surface area contributed by atoms with Crippen LogP contribution in [0.15, 0.2) is 33.5 Å². The number of hydrogen-bond donors (Lipinski definition) is 0. The highest BCUT2D eigenvalue weighted by Crippen LogP contribution is 2.16. The van der Waals surface area contributed by atoms with Crippen LogP contribution in [0.5, 0.6) is 0 Å². The minimum absolute atomic E-state index is 0.00163. The van der Waals surface area contributed by atoms with Gasteiger partial charge in [-0.15, -0.1) is 0 Å². The Hall–Kier alpha value is -3.50. The van der Waals surface area contributed by atoms with Crippen LogP contribution in [0.3, 0.4) is 0 Å². The van der Waals surface area contributed by atoms with Crippen molar-refractivity contribution in [1.82, 2.24) is 19.7 Å². The molecule has 0 N–H and O–H groups in total. The molecule has 0 spiro atoms. The Labute approximate surface area is 146 Å². The lowest BCUT2D eigenvalue weighted by Gasteiger charge is -2.04. The van der Waals surface area contributed by atoms with Crippen molar-refractivity contribution in [3.63, 3.8) is 0 Å². The lowest BCUT2D eigenvalue weighted by Crippen LogP contribution is -2.14. The van der Waals surface area contributed by atoms with Crippen molar-refractivity contribution in [2.24, 2.45) is 0 Å². The molecule has 0 amide bonds. The molecule has 0 fully saturated rings. The Balaban J connectivity index is 1.45. The molecular formula is C15H15N5O6. The van der Waals surface area contributed by atoms with Crippen LogP contribution in [0.2, 0.25) is 0 Å². The minimum Gasteiger partial charge on any atom is -0.461 e. The molecule has 0 aliphatic carbocycles. The molecule has 3 rings (SSSR count). The van der Waals surface area contributed by atoms with Gasteiger partial charge in [0.15, 0.2) is 11.6 Å². The van der Waals surface area contributed by atoms with Gasteiger partial charge in [0.25, 0.3) is 0 Å². The second-order valence-corrected chi connectivity index (χ2v) is 5.28. The number of esters is 1. The quantitative estimate of drug-likeness (QED) is 0.334. The Kier molecular flexibility index (Phi) is 5.06. The number of furan rings is 1. The van der Waals surface area contributed by atoms with Gasteiger partial charge >= 0.3 is 11.8 Å². The summed E-state index contributed by atoms with van der Waals surface area (Å²) in [6.07, 6.45) is 2.93. The number of carbonyl (C=O) groups is 1. The molecule has 11 heteroatoms. The van der Waals surface area contributed by atoms with E-state index in [1.165, 1.54) is 17.0 Å². The highest BCUT2D eigenvalue weighted by molar-refractivity contribution is 5.69. The molecule has 0 aliphatic rings. The fourth-order valence-corrected chi connectivity index (χ4v) is 2.27. The third-order valence-corrected chi connectivity index (χ3v) is 3.55. The molecule has 0 radical (unpaired) electrons. The van der Waals surface area contributed by atoms with E-state index in [1.54, 1.807) is 19.1 Å². The van der Waals surface area contributed by atoms with Gasteiger partial charge in [-0.3, -0.25) is 4.79 Å². The van der Waals surface area contributed by atoms with Crippen LogP contribution >= 0.6 is 0 Å². The number of rotatable bonds is 8. The first-order valence-corrected chi connectivity index (χ1v) is 7.73. The molecule has 26 heavy (non-hydrogen) atoms. The molecule has 0 aromatic carbocycles. The monoisotopic (exact) mass is 361 g/mol. The van der Waals surface area contributed by atoms with E-state index in [-0.39, 0.29) is 37.7 Å². The number of nitro groups is 1. The summed E-state index contributed by atoms with van der Waals surface area (Å²) in [6, 6.07) is 3.40. The van der Waals surface area contributed by atoms with Crippen molar-refractivity contribution >= 4 is 11.8 Å². The van der Waals surface area contributed by atoms with Gasteiger partial charge in [-0.2, -0.15) is 4.98 Å². The zero-order chi connectivity index (χ0) is 18.5. The van der Waals surface area contributed by atoms with E-state index < -0.39 is 10.9 Å². The summed E-state index contributed by atoms with van der Waals surface area (Å²) in [7, 11) is 0. The van der Waals surface area contributed by atoms with Crippen molar-refractivity contribution in [2.75, 3.05) is 6.61 Å². The summed E-state index contributed by atoms with van der Waals surface area (Å²) in [5.41, 5.74) is 0. The maximum Gasteiger partial charge on any atom is 0.342 e. The normalized spacial score (nSPS) is 10.8. The van der Waals surface area contributed by atoms with Crippen molar-refractivity contribution < 1.29 is 23.4 Å². The van der Waals surface area contributed by atoms with Crippen molar-refractivity contribution in [3.8, 4) is 11.6 Å². The first kappa shape index (κ1) is 17.3. The topological polar surface area (TPSA) is 139 Å². The Morgan fingerprint density at radius 2 is 2.31 bits per heavy atom.